The van der Waals surface area contributed by atoms with E-state index in [9.17, 15) is 9.59 Å². The molecular weight excluding hydrogens is 272 g/mol. The first-order valence-electron chi connectivity index (χ1n) is 7.07. The lowest BCUT2D eigenvalue weighted by Gasteiger charge is -2.41. The summed E-state index contributed by atoms with van der Waals surface area (Å²) in [6, 6.07) is 1.76. The van der Waals surface area contributed by atoms with Crippen molar-refractivity contribution < 1.29 is 14.7 Å². The number of piperidine rings is 2. The van der Waals surface area contributed by atoms with Gasteiger partial charge in [0.1, 0.15) is 5.82 Å². The van der Waals surface area contributed by atoms with Crippen LogP contribution in [0.1, 0.15) is 29.6 Å². The monoisotopic (exact) mass is 290 g/mol. The molecule has 0 aromatic carbocycles. The predicted molar refractivity (Wildman–Crippen MR) is 77.1 cm³/mol. The van der Waals surface area contributed by atoms with E-state index >= 15 is 0 Å². The Balaban J connectivity index is 1.78. The summed E-state index contributed by atoms with van der Waals surface area (Å²) < 4.78 is 0. The van der Waals surface area contributed by atoms with Crippen LogP contribution in [0.2, 0.25) is 0 Å². The van der Waals surface area contributed by atoms with E-state index in [0.717, 1.165) is 25.9 Å². The van der Waals surface area contributed by atoms with Crippen LogP contribution in [0.15, 0.2) is 12.3 Å². The van der Waals surface area contributed by atoms with Crippen molar-refractivity contribution in [1.29, 1.82) is 0 Å². The quantitative estimate of drug-likeness (QED) is 0.730. The van der Waals surface area contributed by atoms with Crippen LogP contribution in [0.25, 0.3) is 0 Å². The topological polar surface area (TPSA) is 109 Å². The third-order valence-corrected chi connectivity index (χ3v) is 4.30. The molecule has 2 unspecified atom stereocenters. The molecule has 2 saturated heterocycles. The molecule has 0 saturated carbocycles. The van der Waals surface area contributed by atoms with E-state index in [2.05, 4.69) is 15.2 Å². The van der Waals surface area contributed by atoms with Gasteiger partial charge in [-0.1, -0.05) is 0 Å². The summed E-state index contributed by atoms with van der Waals surface area (Å²) in [5, 5.41) is 12.2. The van der Waals surface area contributed by atoms with E-state index < -0.39 is 5.97 Å². The van der Waals surface area contributed by atoms with Gasteiger partial charge in [-0.25, -0.2) is 9.78 Å². The lowest BCUT2D eigenvalue weighted by Crippen LogP contribution is -2.54. The Morgan fingerprint density at radius 2 is 2.29 bits per heavy atom. The summed E-state index contributed by atoms with van der Waals surface area (Å²) in [6.07, 6.45) is 3.68. The van der Waals surface area contributed by atoms with Gasteiger partial charge in [0.25, 0.3) is 0 Å². The Hall–Kier alpha value is -2.31. The largest absolute Gasteiger partial charge is 0.478 e. The average molecular weight is 290 g/mol. The molecule has 7 heteroatoms. The van der Waals surface area contributed by atoms with Crippen molar-refractivity contribution in [2.45, 2.75) is 25.3 Å². The number of anilines is 2. The molecule has 0 aliphatic carbocycles. The first-order valence-corrected chi connectivity index (χ1v) is 7.07. The lowest BCUT2D eigenvalue weighted by atomic mass is 9.85. The molecule has 2 aliphatic rings. The number of nitrogens with one attached hydrogen (secondary N) is 1. The second-order valence-corrected chi connectivity index (χ2v) is 5.64. The zero-order valence-electron chi connectivity index (χ0n) is 11.6. The number of carbonyl (C=O) groups is 2. The summed E-state index contributed by atoms with van der Waals surface area (Å²) in [5.74, 6) is 0.112. The van der Waals surface area contributed by atoms with Crippen molar-refractivity contribution in [3.8, 4) is 0 Å². The first kappa shape index (κ1) is 13.7. The Morgan fingerprint density at radius 3 is 3.05 bits per heavy atom. The number of carboxylic acids is 1. The number of carboxylic acid groups (broad SMARTS) is 1. The van der Waals surface area contributed by atoms with Crippen molar-refractivity contribution in [1.82, 2.24) is 10.3 Å². The Bertz CT molecular complexity index is 590. The highest BCUT2D eigenvalue weighted by Crippen LogP contribution is 2.28. The fourth-order valence-electron chi connectivity index (χ4n) is 3.13. The van der Waals surface area contributed by atoms with E-state index in [4.69, 9.17) is 10.8 Å². The molecule has 3 heterocycles. The van der Waals surface area contributed by atoms with Gasteiger partial charge in [-0.15, -0.1) is 0 Å². The first-order chi connectivity index (χ1) is 10.0. The number of nitrogens with zero attached hydrogens (tertiary/aromatic N) is 2. The highest BCUT2D eigenvalue weighted by Gasteiger charge is 2.34. The highest BCUT2D eigenvalue weighted by atomic mass is 16.4. The molecule has 7 nitrogen and oxygen atoms in total. The van der Waals surface area contributed by atoms with Crippen LogP contribution in [0.3, 0.4) is 0 Å². The summed E-state index contributed by atoms with van der Waals surface area (Å²) in [4.78, 5) is 28.9. The minimum Gasteiger partial charge on any atom is -0.478 e. The number of amides is 1. The van der Waals surface area contributed by atoms with Crippen molar-refractivity contribution >= 4 is 23.4 Å². The van der Waals surface area contributed by atoms with Gasteiger partial charge in [0.2, 0.25) is 5.91 Å². The molecule has 4 N–H and O–H groups in total. The van der Waals surface area contributed by atoms with E-state index in [1.807, 2.05) is 0 Å². The maximum Gasteiger partial charge on any atom is 0.337 e. The number of rotatable bonds is 2. The Labute approximate surface area is 122 Å². The molecule has 0 radical (unpaired) electrons. The molecule has 3 rings (SSSR count). The molecule has 21 heavy (non-hydrogen) atoms. The fraction of sp³-hybridized carbons (Fsp3) is 0.500. The van der Waals surface area contributed by atoms with Gasteiger partial charge in [0.05, 0.1) is 17.4 Å². The van der Waals surface area contributed by atoms with Crippen molar-refractivity contribution in [2.75, 3.05) is 23.7 Å². The normalized spacial score (nSPS) is 25.1. The van der Waals surface area contributed by atoms with Crippen molar-refractivity contribution in [3.05, 3.63) is 17.8 Å². The van der Waals surface area contributed by atoms with Crippen molar-refractivity contribution in [3.63, 3.8) is 0 Å². The van der Waals surface area contributed by atoms with Crippen LogP contribution in [-0.2, 0) is 4.79 Å². The van der Waals surface area contributed by atoms with Gasteiger partial charge in [0, 0.05) is 25.6 Å². The predicted octanol–water partition coefficient (Wildman–Crippen LogP) is 0.467. The minimum atomic E-state index is -1.05. The number of nitrogen functional groups attached to an aromatic ring is 1. The van der Waals surface area contributed by atoms with Gasteiger partial charge in [-0.2, -0.15) is 0 Å². The molecule has 1 amide bonds. The second kappa shape index (κ2) is 5.23. The molecule has 2 fully saturated rings. The molecule has 2 aliphatic heterocycles. The standard InChI is InChI=1S/C14H18N4O3/c15-10-6-16-12(5-9(10)14(20)21)18-4-3-11-8(7-18)1-2-13(19)17-11/h5-6,8,11H,1-4,7,15H2,(H,17,19)(H,20,21). The summed E-state index contributed by atoms with van der Waals surface area (Å²) in [6.45, 7) is 1.53. The van der Waals surface area contributed by atoms with Gasteiger partial charge in [0.15, 0.2) is 0 Å². The van der Waals surface area contributed by atoms with E-state index in [1.165, 1.54) is 12.3 Å². The Morgan fingerprint density at radius 1 is 1.48 bits per heavy atom. The van der Waals surface area contributed by atoms with Gasteiger partial charge in [-0.05, 0) is 24.8 Å². The summed E-state index contributed by atoms with van der Waals surface area (Å²) in [7, 11) is 0. The van der Waals surface area contributed by atoms with Crippen LogP contribution >= 0.6 is 0 Å². The molecule has 112 valence electrons. The second-order valence-electron chi connectivity index (χ2n) is 5.64. The highest BCUT2D eigenvalue weighted by molar-refractivity contribution is 5.94. The number of pyridine rings is 1. The maximum absolute atomic E-state index is 11.4. The van der Waals surface area contributed by atoms with Crippen LogP contribution in [0.4, 0.5) is 11.5 Å². The van der Waals surface area contributed by atoms with Crippen LogP contribution in [0.5, 0.6) is 0 Å². The fourth-order valence-corrected chi connectivity index (χ4v) is 3.13. The Kier molecular flexibility index (Phi) is 3.40. The smallest absolute Gasteiger partial charge is 0.337 e. The minimum absolute atomic E-state index is 0.0825. The van der Waals surface area contributed by atoms with Crippen LogP contribution < -0.4 is 16.0 Å². The molecule has 1 aromatic rings. The van der Waals surface area contributed by atoms with E-state index in [1.54, 1.807) is 0 Å². The maximum atomic E-state index is 11.4. The zero-order chi connectivity index (χ0) is 15.0. The summed E-state index contributed by atoms with van der Waals surface area (Å²) in [5.41, 5.74) is 5.89. The molecule has 0 spiro atoms. The molecule has 2 atom stereocenters. The molecular formula is C14H18N4O3. The SMILES string of the molecule is Nc1cnc(N2CCC3NC(=O)CCC3C2)cc1C(=O)O. The number of hydrogen-bond donors (Lipinski definition) is 3. The van der Waals surface area contributed by atoms with Crippen LogP contribution in [0, 0.1) is 5.92 Å². The number of carbonyl (C=O) groups excluding carboxylic acids is 1. The molecule has 1 aromatic heterocycles. The zero-order valence-corrected chi connectivity index (χ0v) is 11.6. The number of nitrogens with two attached hydrogens (primary N) is 1. The van der Waals surface area contributed by atoms with Crippen molar-refractivity contribution in [2.24, 2.45) is 5.92 Å². The van der Waals surface area contributed by atoms with Gasteiger partial charge in [-0.3, -0.25) is 4.79 Å². The number of aromatic carboxylic acids is 1. The number of hydrogen-bond acceptors (Lipinski definition) is 5. The average Bonchev–Trinajstić information content (AvgIpc) is 2.47. The molecule has 0 bridgehead atoms. The van der Waals surface area contributed by atoms with Crippen LogP contribution in [-0.4, -0.2) is 41.1 Å². The van der Waals surface area contributed by atoms with E-state index in [-0.39, 0.29) is 23.2 Å². The summed E-state index contributed by atoms with van der Waals surface area (Å²) >= 11 is 0. The third-order valence-electron chi connectivity index (χ3n) is 4.30. The number of aromatic nitrogens is 1. The van der Waals surface area contributed by atoms with Gasteiger partial charge < -0.3 is 21.1 Å². The van der Waals surface area contributed by atoms with Gasteiger partial charge >= 0.3 is 5.97 Å². The van der Waals surface area contributed by atoms with E-state index in [0.29, 0.717) is 18.2 Å². The third kappa shape index (κ3) is 2.63. The number of fused-ring (bicyclic) bond motifs is 1. The lowest BCUT2D eigenvalue weighted by molar-refractivity contribution is -0.124.